The molecule has 2 aromatic rings. The van der Waals surface area contributed by atoms with Crippen molar-refractivity contribution in [2.45, 2.75) is 25.9 Å². The smallest absolute Gasteiger partial charge is 0.251 e. The van der Waals surface area contributed by atoms with Crippen LogP contribution in [0.3, 0.4) is 0 Å². The number of carbonyl (C=O) groups excluding carboxylic acids is 2. The van der Waals surface area contributed by atoms with Gasteiger partial charge in [-0.2, -0.15) is 0 Å². The second kappa shape index (κ2) is 7.25. The molecular weight excluding hydrogens is 307 g/mol. The maximum absolute atomic E-state index is 13.1. The topological polar surface area (TPSA) is 49.4 Å². The summed E-state index contributed by atoms with van der Waals surface area (Å²) >= 11 is 0. The van der Waals surface area contributed by atoms with Gasteiger partial charge in [-0.25, -0.2) is 4.39 Å². The zero-order valence-corrected chi connectivity index (χ0v) is 13.3. The van der Waals surface area contributed by atoms with E-state index >= 15 is 0 Å². The zero-order chi connectivity index (χ0) is 16.9. The Hall–Kier alpha value is -2.69. The van der Waals surface area contributed by atoms with Crippen molar-refractivity contribution in [1.29, 1.82) is 0 Å². The lowest BCUT2D eigenvalue weighted by Crippen LogP contribution is -2.28. The second-order valence-electron chi connectivity index (χ2n) is 5.89. The Morgan fingerprint density at radius 2 is 1.75 bits per heavy atom. The van der Waals surface area contributed by atoms with Gasteiger partial charge in [-0.1, -0.05) is 30.3 Å². The SMILES string of the molecule is O=C(NCCCC(=O)N1Cc2ccccc2C1)c1cccc(F)c1. The van der Waals surface area contributed by atoms with Gasteiger partial charge in [-0.15, -0.1) is 0 Å². The molecular formula is C19H19FN2O2. The molecule has 2 aromatic carbocycles. The molecule has 0 saturated carbocycles. The van der Waals surface area contributed by atoms with Crippen LogP contribution in [-0.2, 0) is 17.9 Å². The molecule has 1 N–H and O–H groups in total. The maximum Gasteiger partial charge on any atom is 0.251 e. The molecule has 0 saturated heterocycles. The predicted molar refractivity (Wildman–Crippen MR) is 88.7 cm³/mol. The van der Waals surface area contributed by atoms with Gasteiger partial charge in [0.05, 0.1) is 0 Å². The first-order chi connectivity index (χ1) is 11.6. The molecule has 0 atom stereocenters. The van der Waals surface area contributed by atoms with E-state index < -0.39 is 5.82 Å². The highest BCUT2D eigenvalue weighted by Gasteiger charge is 2.22. The van der Waals surface area contributed by atoms with Crippen molar-refractivity contribution in [2.75, 3.05) is 6.54 Å². The fourth-order valence-corrected chi connectivity index (χ4v) is 2.84. The van der Waals surface area contributed by atoms with Crippen LogP contribution in [0.1, 0.15) is 34.3 Å². The fraction of sp³-hybridized carbons (Fsp3) is 0.263. The number of halogens is 1. The summed E-state index contributed by atoms with van der Waals surface area (Å²) in [6.45, 7) is 1.71. The maximum atomic E-state index is 13.1. The highest BCUT2D eigenvalue weighted by molar-refractivity contribution is 5.94. The lowest BCUT2D eigenvalue weighted by Gasteiger charge is -2.15. The van der Waals surface area contributed by atoms with Crippen molar-refractivity contribution in [3.63, 3.8) is 0 Å². The van der Waals surface area contributed by atoms with Crippen molar-refractivity contribution in [1.82, 2.24) is 10.2 Å². The second-order valence-corrected chi connectivity index (χ2v) is 5.89. The fourth-order valence-electron chi connectivity index (χ4n) is 2.84. The summed E-state index contributed by atoms with van der Waals surface area (Å²) in [5, 5.41) is 2.71. The van der Waals surface area contributed by atoms with Gasteiger partial charge in [-0.3, -0.25) is 9.59 Å². The average Bonchev–Trinajstić information content (AvgIpc) is 3.02. The minimum Gasteiger partial charge on any atom is -0.352 e. The molecule has 0 aromatic heterocycles. The van der Waals surface area contributed by atoms with Crippen LogP contribution >= 0.6 is 0 Å². The normalized spacial score (nSPS) is 12.8. The first-order valence-electron chi connectivity index (χ1n) is 8.02. The summed E-state index contributed by atoms with van der Waals surface area (Å²) in [7, 11) is 0. The highest BCUT2D eigenvalue weighted by Crippen LogP contribution is 2.22. The molecule has 1 aliphatic heterocycles. The number of fused-ring (bicyclic) bond motifs is 1. The van der Waals surface area contributed by atoms with E-state index in [9.17, 15) is 14.0 Å². The van der Waals surface area contributed by atoms with E-state index in [-0.39, 0.29) is 17.4 Å². The van der Waals surface area contributed by atoms with Crippen LogP contribution in [0.15, 0.2) is 48.5 Å². The van der Waals surface area contributed by atoms with Crippen molar-refractivity contribution in [3.05, 3.63) is 71.0 Å². The molecule has 3 rings (SSSR count). The summed E-state index contributed by atoms with van der Waals surface area (Å²) in [5.41, 5.74) is 2.69. The third-order valence-electron chi connectivity index (χ3n) is 4.13. The largest absolute Gasteiger partial charge is 0.352 e. The summed E-state index contributed by atoms with van der Waals surface area (Å²) in [4.78, 5) is 25.9. The molecule has 0 unspecified atom stereocenters. The number of nitrogens with zero attached hydrogens (tertiary/aromatic N) is 1. The molecule has 4 nitrogen and oxygen atoms in total. The zero-order valence-electron chi connectivity index (χ0n) is 13.3. The molecule has 24 heavy (non-hydrogen) atoms. The van der Waals surface area contributed by atoms with Crippen LogP contribution in [0.2, 0.25) is 0 Å². The average molecular weight is 326 g/mol. The van der Waals surface area contributed by atoms with Gasteiger partial charge in [0.2, 0.25) is 5.91 Å². The number of nitrogens with one attached hydrogen (secondary N) is 1. The van der Waals surface area contributed by atoms with Gasteiger partial charge < -0.3 is 10.2 Å². The quantitative estimate of drug-likeness (QED) is 0.859. The number of benzene rings is 2. The summed E-state index contributed by atoms with van der Waals surface area (Å²) in [6, 6.07) is 13.6. The van der Waals surface area contributed by atoms with Crippen molar-refractivity contribution >= 4 is 11.8 Å². The minimum absolute atomic E-state index is 0.0891. The number of amides is 2. The molecule has 5 heteroatoms. The molecule has 124 valence electrons. The van der Waals surface area contributed by atoms with Gasteiger partial charge in [-0.05, 0) is 35.7 Å². The van der Waals surface area contributed by atoms with Crippen LogP contribution in [0.5, 0.6) is 0 Å². The van der Waals surface area contributed by atoms with Crippen LogP contribution in [0, 0.1) is 5.82 Å². The van der Waals surface area contributed by atoms with Crippen molar-refractivity contribution in [2.24, 2.45) is 0 Å². The summed E-state index contributed by atoms with van der Waals surface area (Å²) in [5.74, 6) is -0.673. The Labute approximate surface area is 140 Å². The van der Waals surface area contributed by atoms with E-state index in [2.05, 4.69) is 5.32 Å². The minimum atomic E-state index is -0.438. The Kier molecular flexibility index (Phi) is 4.89. The van der Waals surface area contributed by atoms with E-state index in [4.69, 9.17) is 0 Å². The molecule has 0 radical (unpaired) electrons. The van der Waals surface area contributed by atoms with E-state index in [0.29, 0.717) is 32.5 Å². The lowest BCUT2D eigenvalue weighted by atomic mass is 10.1. The lowest BCUT2D eigenvalue weighted by molar-refractivity contribution is -0.131. The van der Waals surface area contributed by atoms with Crippen molar-refractivity contribution < 1.29 is 14.0 Å². The highest BCUT2D eigenvalue weighted by atomic mass is 19.1. The Morgan fingerprint density at radius 1 is 1.04 bits per heavy atom. The van der Waals surface area contributed by atoms with Crippen LogP contribution in [-0.4, -0.2) is 23.3 Å². The molecule has 0 bridgehead atoms. The Bertz CT molecular complexity index is 736. The van der Waals surface area contributed by atoms with Crippen LogP contribution in [0.4, 0.5) is 4.39 Å². The number of hydrogen-bond donors (Lipinski definition) is 1. The molecule has 2 amide bonds. The van der Waals surface area contributed by atoms with E-state index in [1.165, 1.54) is 29.3 Å². The number of carbonyl (C=O) groups is 2. The molecule has 1 heterocycles. The summed E-state index contributed by atoms with van der Waals surface area (Å²) < 4.78 is 13.1. The monoisotopic (exact) mass is 326 g/mol. The van der Waals surface area contributed by atoms with E-state index in [1.54, 1.807) is 6.07 Å². The Morgan fingerprint density at radius 3 is 2.42 bits per heavy atom. The molecule has 1 aliphatic rings. The first kappa shape index (κ1) is 16.2. The van der Waals surface area contributed by atoms with Gasteiger partial charge in [0.1, 0.15) is 5.82 Å². The van der Waals surface area contributed by atoms with Crippen LogP contribution in [0.25, 0.3) is 0 Å². The Balaban J connectivity index is 1.41. The summed E-state index contributed by atoms with van der Waals surface area (Å²) in [6.07, 6.45) is 0.949. The van der Waals surface area contributed by atoms with Gasteiger partial charge in [0.15, 0.2) is 0 Å². The predicted octanol–water partition coefficient (Wildman–Crippen LogP) is 2.88. The van der Waals surface area contributed by atoms with E-state index in [0.717, 1.165) is 0 Å². The van der Waals surface area contributed by atoms with E-state index in [1.807, 2.05) is 29.2 Å². The van der Waals surface area contributed by atoms with Gasteiger partial charge >= 0.3 is 0 Å². The van der Waals surface area contributed by atoms with Gasteiger partial charge in [0, 0.05) is 31.6 Å². The van der Waals surface area contributed by atoms with Crippen LogP contribution < -0.4 is 5.32 Å². The standard InChI is InChI=1S/C19H19FN2O2/c20-17-8-3-7-14(11-17)19(24)21-10-4-9-18(23)22-12-15-5-1-2-6-16(15)13-22/h1-3,5-8,11H,4,9-10,12-13H2,(H,21,24). The third-order valence-corrected chi connectivity index (χ3v) is 4.13. The van der Waals surface area contributed by atoms with Crippen molar-refractivity contribution in [3.8, 4) is 0 Å². The molecule has 0 spiro atoms. The van der Waals surface area contributed by atoms with Gasteiger partial charge in [0.25, 0.3) is 5.91 Å². The third kappa shape index (κ3) is 3.79. The molecule has 0 fully saturated rings. The number of rotatable bonds is 5. The molecule has 0 aliphatic carbocycles. The first-order valence-corrected chi connectivity index (χ1v) is 8.02. The number of hydrogen-bond acceptors (Lipinski definition) is 2.